The number of halogens is 1. The second kappa shape index (κ2) is 11.2. The molecule has 2 aliphatic heterocycles. The summed E-state index contributed by atoms with van der Waals surface area (Å²) in [5, 5.41) is 3.37. The highest BCUT2D eigenvalue weighted by Crippen LogP contribution is 2.22. The molecule has 0 unspecified atom stereocenters. The maximum Gasteiger partial charge on any atom is 0.183 e. The van der Waals surface area contributed by atoms with E-state index in [2.05, 4.69) is 54.4 Å². The maximum absolute atomic E-state index is 14.2. The first kappa shape index (κ1) is 23.1. The van der Waals surface area contributed by atoms with Gasteiger partial charge in [-0.05, 0) is 36.4 Å². The average molecular weight is 478 g/mol. The normalized spacial score (nSPS) is 16.6. The van der Waals surface area contributed by atoms with E-state index in [9.17, 15) is 4.39 Å². The van der Waals surface area contributed by atoms with Crippen LogP contribution in [0.4, 0.5) is 27.3 Å². The van der Waals surface area contributed by atoms with Gasteiger partial charge in [0, 0.05) is 43.8 Å². The van der Waals surface area contributed by atoms with Gasteiger partial charge < -0.3 is 24.6 Å². The van der Waals surface area contributed by atoms with Crippen LogP contribution in [0.5, 0.6) is 0 Å². The molecule has 0 amide bonds. The Balaban J connectivity index is 1.15. The van der Waals surface area contributed by atoms with Crippen LogP contribution in [0.1, 0.15) is 11.5 Å². The van der Waals surface area contributed by atoms with Gasteiger partial charge in [0.05, 0.1) is 56.7 Å². The number of aliphatic imine (C=N–C) groups is 1. The molecule has 1 aromatic carbocycles. The summed E-state index contributed by atoms with van der Waals surface area (Å²) in [4.78, 5) is 21.4. The lowest BCUT2D eigenvalue weighted by Gasteiger charge is -2.28. The summed E-state index contributed by atoms with van der Waals surface area (Å²) < 4.78 is 24.9. The number of ether oxygens (including phenoxy) is 2. The number of hydrogen-bond acceptors (Lipinski definition) is 9. The molecule has 2 aliphatic rings. The summed E-state index contributed by atoms with van der Waals surface area (Å²) in [5.41, 5.74) is 3.80. The lowest BCUT2D eigenvalue weighted by molar-refractivity contribution is 0.122. The fourth-order valence-corrected chi connectivity index (χ4v) is 3.99. The predicted molar refractivity (Wildman–Crippen MR) is 133 cm³/mol. The minimum atomic E-state index is -0.430. The van der Waals surface area contributed by atoms with Gasteiger partial charge >= 0.3 is 0 Å². The highest BCUT2D eigenvalue weighted by atomic mass is 19.1. The Kier molecular flexibility index (Phi) is 7.40. The van der Waals surface area contributed by atoms with Crippen molar-refractivity contribution < 1.29 is 13.9 Å². The van der Waals surface area contributed by atoms with E-state index < -0.39 is 5.82 Å². The lowest BCUT2D eigenvalue weighted by atomic mass is 10.2. The molecule has 2 aromatic heterocycles. The SMILES string of the molecule is Fc1cnc(CN=Cc2ccc(Nc3ccc(N4CCOCC4)cc3)cn2)nc1N1CCOCC1. The quantitative estimate of drug-likeness (QED) is 0.520. The molecule has 10 heteroatoms. The zero-order chi connectivity index (χ0) is 23.9. The maximum atomic E-state index is 14.2. The van der Waals surface area contributed by atoms with Gasteiger partial charge in [-0.1, -0.05) is 0 Å². The zero-order valence-electron chi connectivity index (χ0n) is 19.4. The number of hydrogen-bond donors (Lipinski definition) is 1. The molecule has 5 rings (SSSR count). The Morgan fingerprint density at radius 3 is 2.23 bits per heavy atom. The van der Waals surface area contributed by atoms with Gasteiger partial charge in [-0.2, -0.15) is 0 Å². The number of rotatable bonds is 7. The van der Waals surface area contributed by atoms with E-state index in [-0.39, 0.29) is 6.54 Å². The van der Waals surface area contributed by atoms with Crippen molar-refractivity contribution in [3.63, 3.8) is 0 Å². The van der Waals surface area contributed by atoms with E-state index in [1.54, 1.807) is 12.4 Å². The van der Waals surface area contributed by atoms with Crippen LogP contribution in [-0.2, 0) is 16.0 Å². The van der Waals surface area contributed by atoms with Gasteiger partial charge in [-0.15, -0.1) is 0 Å². The predicted octanol–water partition coefficient (Wildman–Crippen LogP) is 3.05. The summed E-state index contributed by atoms with van der Waals surface area (Å²) >= 11 is 0. The largest absolute Gasteiger partial charge is 0.378 e. The second-order valence-corrected chi connectivity index (χ2v) is 8.27. The summed E-state index contributed by atoms with van der Waals surface area (Å²) in [6.45, 7) is 5.97. The molecule has 2 fully saturated rings. The third kappa shape index (κ3) is 6.09. The molecular formula is C25H28FN7O2. The van der Waals surface area contributed by atoms with E-state index >= 15 is 0 Å². The van der Waals surface area contributed by atoms with Crippen LogP contribution in [-0.4, -0.2) is 73.8 Å². The first-order valence-electron chi connectivity index (χ1n) is 11.7. The number of nitrogens with zero attached hydrogens (tertiary/aromatic N) is 6. The number of benzene rings is 1. The van der Waals surface area contributed by atoms with Crippen molar-refractivity contribution in [1.29, 1.82) is 0 Å². The molecule has 182 valence electrons. The highest BCUT2D eigenvalue weighted by Gasteiger charge is 2.17. The molecular weight excluding hydrogens is 449 g/mol. The summed E-state index contributed by atoms with van der Waals surface area (Å²) in [5.74, 6) is 0.336. The number of morpholine rings is 2. The van der Waals surface area contributed by atoms with E-state index in [1.165, 1.54) is 11.9 Å². The highest BCUT2D eigenvalue weighted by molar-refractivity contribution is 5.77. The van der Waals surface area contributed by atoms with Crippen molar-refractivity contribution in [3.8, 4) is 0 Å². The fourth-order valence-electron chi connectivity index (χ4n) is 3.99. The molecule has 1 N–H and O–H groups in total. The molecule has 9 nitrogen and oxygen atoms in total. The van der Waals surface area contributed by atoms with Crippen molar-refractivity contribution in [1.82, 2.24) is 15.0 Å². The van der Waals surface area contributed by atoms with Gasteiger partial charge in [0.25, 0.3) is 0 Å². The van der Waals surface area contributed by atoms with Gasteiger partial charge in [0.1, 0.15) is 0 Å². The molecule has 0 atom stereocenters. The summed E-state index contributed by atoms with van der Waals surface area (Å²) in [6.07, 6.45) is 4.64. The van der Waals surface area contributed by atoms with Crippen molar-refractivity contribution in [2.45, 2.75) is 6.54 Å². The van der Waals surface area contributed by atoms with Gasteiger partial charge in [-0.25, -0.2) is 14.4 Å². The van der Waals surface area contributed by atoms with Crippen LogP contribution >= 0.6 is 0 Å². The third-order valence-electron chi connectivity index (χ3n) is 5.86. The summed E-state index contributed by atoms with van der Waals surface area (Å²) in [6, 6.07) is 12.2. The molecule has 0 aliphatic carbocycles. The van der Waals surface area contributed by atoms with E-state index in [4.69, 9.17) is 9.47 Å². The molecule has 0 spiro atoms. The van der Waals surface area contributed by atoms with Crippen LogP contribution < -0.4 is 15.1 Å². The van der Waals surface area contributed by atoms with Crippen LogP contribution in [0.3, 0.4) is 0 Å². The second-order valence-electron chi connectivity index (χ2n) is 8.27. The van der Waals surface area contributed by atoms with Crippen molar-refractivity contribution >= 4 is 29.1 Å². The first-order valence-corrected chi connectivity index (χ1v) is 11.7. The van der Waals surface area contributed by atoms with Crippen LogP contribution in [0.15, 0.2) is 53.8 Å². The first-order chi connectivity index (χ1) is 17.2. The van der Waals surface area contributed by atoms with Crippen molar-refractivity contribution in [3.05, 3.63) is 66.1 Å². The van der Waals surface area contributed by atoms with E-state index in [0.717, 1.165) is 37.7 Å². The minimum absolute atomic E-state index is 0.245. The molecule has 2 saturated heterocycles. The number of aromatic nitrogens is 3. The van der Waals surface area contributed by atoms with Crippen molar-refractivity contribution in [2.75, 3.05) is 67.7 Å². The molecule has 35 heavy (non-hydrogen) atoms. The number of pyridine rings is 1. The third-order valence-corrected chi connectivity index (χ3v) is 5.86. The summed E-state index contributed by atoms with van der Waals surface area (Å²) in [7, 11) is 0. The van der Waals surface area contributed by atoms with Crippen LogP contribution in [0.2, 0.25) is 0 Å². The Bertz CT molecular complexity index is 1130. The number of anilines is 4. The van der Waals surface area contributed by atoms with Crippen LogP contribution in [0.25, 0.3) is 0 Å². The molecule has 3 aromatic rings. The monoisotopic (exact) mass is 477 g/mol. The Hall–Kier alpha value is -3.63. The minimum Gasteiger partial charge on any atom is -0.378 e. The van der Waals surface area contributed by atoms with Gasteiger partial charge in [0.2, 0.25) is 0 Å². The van der Waals surface area contributed by atoms with E-state index in [0.29, 0.717) is 43.6 Å². The Morgan fingerprint density at radius 2 is 1.54 bits per heavy atom. The molecule has 0 radical (unpaired) electrons. The Morgan fingerprint density at radius 1 is 0.857 bits per heavy atom. The zero-order valence-corrected chi connectivity index (χ0v) is 19.4. The van der Waals surface area contributed by atoms with Crippen molar-refractivity contribution in [2.24, 2.45) is 4.99 Å². The standard InChI is InChI=1S/C25H28FN7O2/c26-23-17-29-24(31-25(23)33-9-13-35-14-10-33)18-27-15-20-1-2-21(16-28-20)30-19-3-5-22(6-4-19)32-7-11-34-12-8-32/h1-6,15-17,30H,7-14,18H2. The number of nitrogens with one attached hydrogen (secondary N) is 1. The molecule has 0 bridgehead atoms. The topological polar surface area (TPSA) is 88.0 Å². The fraction of sp³-hybridized carbons (Fsp3) is 0.360. The Labute approximate surface area is 203 Å². The smallest absolute Gasteiger partial charge is 0.183 e. The molecule has 0 saturated carbocycles. The van der Waals surface area contributed by atoms with Gasteiger partial charge in [-0.3, -0.25) is 9.98 Å². The average Bonchev–Trinajstić information content (AvgIpc) is 2.92. The van der Waals surface area contributed by atoms with E-state index in [1.807, 2.05) is 17.0 Å². The van der Waals surface area contributed by atoms with Crippen LogP contribution in [0, 0.1) is 5.82 Å². The molecule has 4 heterocycles. The lowest BCUT2D eigenvalue weighted by Crippen LogP contribution is -2.37. The van der Waals surface area contributed by atoms with Gasteiger partial charge in [0.15, 0.2) is 17.5 Å².